The molecule has 0 aromatic heterocycles. The van der Waals surface area contributed by atoms with Gasteiger partial charge in [0.1, 0.15) is 5.82 Å². The van der Waals surface area contributed by atoms with Gasteiger partial charge in [0, 0.05) is 5.92 Å². The number of carboxylic acids is 1. The van der Waals surface area contributed by atoms with Crippen molar-refractivity contribution in [2.45, 2.75) is 22.6 Å². The van der Waals surface area contributed by atoms with E-state index in [0.29, 0.717) is 11.1 Å². The zero-order valence-electron chi connectivity index (χ0n) is 25.7. The summed E-state index contributed by atoms with van der Waals surface area (Å²) in [5, 5.41) is 19.6. The highest BCUT2D eigenvalue weighted by Crippen LogP contribution is 2.63. The van der Waals surface area contributed by atoms with Gasteiger partial charge in [-0.1, -0.05) is 35.9 Å². The highest BCUT2D eigenvalue weighted by Gasteiger charge is 2.76. The van der Waals surface area contributed by atoms with Gasteiger partial charge in [-0.3, -0.25) is 24.1 Å². The normalized spacial score (nSPS) is 29.2. The fourth-order valence-corrected chi connectivity index (χ4v) is 8.58. The fourth-order valence-electron chi connectivity index (χ4n) is 7.68. The van der Waals surface area contributed by atoms with E-state index in [1.807, 2.05) is 0 Å². The van der Waals surface area contributed by atoms with Crippen molar-refractivity contribution in [1.29, 1.82) is 0 Å². The number of imide groups is 2. The molecule has 2 aliphatic carbocycles. The van der Waals surface area contributed by atoms with E-state index in [1.165, 1.54) is 49.6 Å². The average molecular weight is 706 g/mol. The van der Waals surface area contributed by atoms with E-state index in [2.05, 4.69) is 0 Å². The molecule has 2 saturated heterocycles. The number of methoxy groups -OCH3 is 1. The molecular formula is C36H27Cl2FN2O8. The van der Waals surface area contributed by atoms with Crippen LogP contribution in [0, 0.1) is 29.5 Å². The summed E-state index contributed by atoms with van der Waals surface area (Å²) in [6, 6.07) is 14.8. The largest absolute Gasteiger partial charge is 0.504 e. The van der Waals surface area contributed by atoms with Crippen molar-refractivity contribution < 1.29 is 43.3 Å². The van der Waals surface area contributed by atoms with E-state index < -0.39 is 68.8 Å². The van der Waals surface area contributed by atoms with Crippen LogP contribution < -0.4 is 14.5 Å². The Kier molecular flexibility index (Phi) is 7.68. The summed E-state index contributed by atoms with van der Waals surface area (Å²) in [6.45, 7) is 0. The minimum atomic E-state index is -2.11. The number of fused-ring (bicyclic) bond motifs is 4. The van der Waals surface area contributed by atoms with Crippen molar-refractivity contribution in [1.82, 2.24) is 0 Å². The summed E-state index contributed by atoms with van der Waals surface area (Å²) >= 11 is 14.6. The zero-order valence-corrected chi connectivity index (χ0v) is 27.2. The van der Waals surface area contributed by atoms with Gasteiger partial charge in [0.15, 0.2) is 21.2 Å². The lowest BCUT2D eigenvalue weighted by molar-refractivity contribution is -0.125. The Morgan fingerprint density at radius 2 is 1.67 bits per heavy atom. The molecule has 4 aliphatic rings. The number of hydrogen-bond donors (Lipinski definition) is 2. The van der Waals surface area contributed by atoms with Crippen LogP contribution in [0.5, 0.6) is 11.5 Å². The maximum atomic E-state index is 14.4. The molecule has 1 saturated carbocycles. The molecule has 3 fully saturated rings. The molecule has 2 aliphatic heterocycles. The number of hydrogen-bond acceptors (Lipinski definition) is 7. The molecule has 0 spiro atoms. The van der Waals surface area contributed by atoms with Crippen LogP contribution in [0.25, 0.3) is 6.08 Å². The van der Waals surface area contributed by atoms with Gasteiger partial charge in [0.2, 0.25) is 11.8 Å². The lowest BCUT2D eigenvalue weighted by Crippen LogP contribution is -2.60. The lowest BCUT2D eigenvalue weighted by Gasteiger charge is -2.49. The monoisotopic (exact) mass is 704 g/mol. The Morgan fingerprint density at radius 3 is 2.37 bits per heavy atom. The van der Waals surface area contributed by atoms with Gasteiger partial charge in [-0.2, -0.15) is 0 Å². The molecule has 0 bridgehead atoms. The van der Waals surface area contributed by atoms with Crippen molar-refractivity contribution >= 4 is 70.3 Å². The fraction of sp³-hybridized carbons (Fsp3) is 0.250. The van der Waals surface area contributed by atoms with Crippen LogP contribution in [-0.4, -0.2) is 56.7 Å². The summed E-state index contributed by atoms with van der Waals surface area (Å²) in [5.74, 6) is -8.25. The number of carbonyl (C=O) groups excluding carboxylic acids is 4. The highest BCUT2D eigenvalue weighted by molar-refractivity contribution is 6.58. The summed E-state index contributed by atoms with van der Waals surface area (Å²) in [5.41, 5.74) is 1.14. The molecule has 49 heavy (non-hydrogen) atoms. The van der Waals surface area contributed by atoms with Crippen LogP contribution in [0.3, 0.4) is 0 Å². The van der Waals surface area contributed by atoms with Gasteiger partial charge in [-0.15, -0.1) is 23.2 Å². The Hall–Kier alpha value is -5.00. The number of ether oxygens (including phenoxy) is 1. The van der Waals surface area contributed by atoms with Gasteiger partial charge < -0.3 is 14.9 Å². The SMILES string of the molecule is COc1cc(C=C[C@H]2C3=CC[C@@H]4C(=O)N(c5cccc(C(=O)O)c5)C(=O)[C@@H]4[C@@H]3C[C@@]3(Cl)C(=O)N(c4ccc(F)cc4)C(=O)[C@@]23Cl)ccc1O. The number of benzene rings is 3. The molecule has 2 heterocycles. The first-order valence-electron chi connectivity index (χ1n) is 15.3. The third-order valence-electron chi connectivity index (χ3n) is 9.99. The van der Waals surface area contributed by atoms with Gasteiger partial charge in [-0.05, 0) is 78.9 Å². The molecular weight excluding hydrogens is 678 g/mol. The first kappa shape index (κ1) is 32.5. The second-order valence-electron chi connectivity index (χ2n) is 12.5. The second-order valence-corrected chi connectivity index (χ2v) is 13.7. The number of phenols is 1. The van der Waals surface area contributed by atoms with E-state index in [-0.39, 0.29) is 41.3 Å². The van der Waals surface area contributed by atoms with Crippen molar-refractivity contribution in [3.63, 3.8) is 0 Å². The molecule has 0 unspecified atom stereocenters. The number of alkyl halides is 2. The number of anilines is 2. The molecule has 7 rings (SSSR count). The molecule has 250 valence electrons. The summed E-state index contributed by atoms with van der Waals surface area (Å²) in [6.07, 6.45) is 4.85. The number of rotatable bonds is 6. The Morgan fingerprint density at radius 1 is 0.939 bits per heavy atom. The van der Waals surface area contributed by atoms with Gasteiger partial charge in [-0.25, -0.2) is 14.1 Å². The van der Waals surface area contributed by atoms with Crippen molar-refractivity contribution in [2.75, 3.05) is 16.9 Å². The van der Waals surface area contributed by atoms with Gasteiger partial charge in [0.25, 0.3) is 11.8 Å². The molecule has 6 atom stereocenters. The van der Waals surface area contributed by atoms with E-state index in [1.54, 1.807) is 30.4 Å². The number of aromatic hydroxyl groups is 1. The average Bonchev–Trinajstić information content (AvgIpc) is 3.43. The summed E-state index contributed by atoms with van der Waals surface area (Å²) < 4.78 is 19.1. The number of aromatic carboxylic acids is 1. The first-order valence-corrected chi connectivity index (χ1v) is 16.1. The molecule has 0 radical (unpaired) electrons. The Labute approximate surface area is 289 Å². The number of phenolic OH excluding ortho intramolecular Hbond substituents is 1. The molecule has 3 aromatic rings. The smallest absolute Gasteiger partial charge is 0.335 e. The van der Waals surface area contributed by atoms with Crippen molar-refractivity contribution in [3.8, 4) is 11.5 Å². The number of halogens is 3. The topological polar surface area (TPSA) is 142 Å². The third-order valence-corrected chi connectivity index (χ3v) is 11.4. The third kappa shape index (κ3) is 4.70. The van der Waals surface area contributed by atoms with Crippen LogP contribution in [0.15, 0.2) is 84.5 Å². The Bertz CT molecular complexity index is 2030. The van der Waals surface area contributed by atoms with Crippen molar-refractivity contribution in [3.05, 3.63) is 101 Å². The number of allylic oxidation sites excluding steroid dienone is 3. The molecule has 10 nitrogen and oxygen atoms in total. The predicted molar refractivity (Wildman–Crippen MR) is 177 cm³/mol. The van der Waals surface area contributed by atoms with E-state index in [4.69, 9.17) is 27.9 Å². The second kappa shape index (κ2) is 11.6. The number of nitrogens with zero attached hydrogens (tertiary/aromatic N) is 2. The maximum Gasteiger partial charge on any atom is 0.335 e. The number of carbonyl (C=O) groups is 5. The highest BCUT2D eigenvalue weighted by atomic mass is 35.5. The number of carboxylic acid groups (broad SMARTS) is 1. The first-order chi connectivity index (χ1) is 23.3. The van der Waals surface area contributed by atoms with Gasteiger partial charge >= 0.3 is 5.97 Å². The van der Waals surface area contributed by atoms with Crippen LogP contribution in [-0.2, 0) is 19.2 Å². The van der Waals surface area contributed by atoms with E-state index in [9.17, 15) is 38.6 Å². The maximum absolute atomic E-state index is 14.4. The van der Waals surface area contributed by atoms with Crippen LogP contribution in [0.2, 0.25) is 0 Å². The predicted octanol–water partition coefficient (Wildman–Crippen LogP) is 5.55. The van der Waals surface area contributed by atoms with E-state index >= 15 is 0 Å². The van der Waals surface area contributed by atoms with Crippen LogP contribution in [0.1, 0.15) is 28.8 Å². The molecule has 3 aromatic carbocycles. The molecule has 13 heteroatoms. The minimum Gasteiger partial charge on any atom is -0.504 e. The molecule has 2 N–H and O–H groups in total. The van der Waals surface area contributed by atoms with Crippen LogP contribution in [0.4, 0.5) is 15.8 Å². The number of amides is 4. The Balaban J connectivity index is 1.35. The standard InChI is InChI=1S/C36H27Cl2FN2O8/c1-49-28-15-18(6-14-27(28)42)5-13-26-23-11-12-24-29(31(44)40(30(24)43)22-4-2-3-19(16-22)32(45)46)25(23)17-35(37)33(47)41(34(48)36(26,35)38)21-9-7-20(39)8-10-21/h2-11,13-16,24-26,29,42H,12,17H2,1H3,(H,45,46)/t24-,25+,26-,29-,35+,36-/m0/s1. The summed E-state index contributed by atoms with van der Waals surface area (Å²) in [7, 11) is 1.39. The quantitative estimate of drug-likeness (QED) is 0.193. The zero-order chi connectivity index (χ0) is 35.0. The summed E-state index contributed by atoms with van der Waals surface area (Å²) in [4.78, 5) is 66.0. The molecule has 4 amide bonds. The van der Waals surface area contributed by atoms with E-state index in [0.717, 1.165) is 21.9 Å². The van der Waals surface area contributed by atoms with Crippen molar-refractivity contribution in [2.24, 2.45) is 23.7 Å². The van der Waals surface area contributed by atoms with Gasteiger partial charge in [0.05, 0.1) is 35.9 Å². The van der Waals surface area contributed by atoms with Crippen LogP contribution >= 0.6 is 23.2 Å². The minimum absolute atomic E-state index is 0.0586. The lowest BCUT2D eigenvalue weighted by atomic mass is 9.57.